The fraction of sp³-hybridized carbons (Fsp3) is 0.903. The van der Waals surface area contributed by atoms with Gasteiger partial charge in [-0.25, -0.2) is 4.79 Å². The van der Waals surface area contributed by atoms with Crippen molar-refractivity contribution >= 4 is 30.4 Å². The van der Waals surface area contributed by atoms with Crippen molar-refractivity contribution in [1.29, 1.82) is 5.41 Å². The summed E-state index contributed by atoms with van der Waals surface area (Å²) in [6, 6.07) is -0.651. The van der Waals surface area contributed by atoms with Crippen LogP contribution in [-0.2, 0) is 9.53 Å². The molecular weight excluding hydrogens is 526 g/mol. The molecule has 40 heavy (non-hydrogen) atoms. The lowest BCUT2D eigenvalue weighted by molar-refractivity contribution is -0.123. The van der Waals surface area contributed by atoms with Crippen LogP contribution in [0.2, 0.25) is 0 Å². The molecule has 0 aromatic rings. The van der Waals surface area contributed by atoms with Crippen LogP contribution in [0.25, 0.3) is 0 Å². The normalized spacial score (nSPS) is 11.3. The Balaban J connectivity index is 0. The number of rotatable bonds is 28. The van der Waals surface area contributed by atoms with Crippen molar-refractivity contribution in [3.63, 3.8) is 0 Å². The smallest absolute Gasteiger partial charge is 0.407 e. The van der Waals surface area contributed by atoms with Crippen molar-refractivity contribution in [2.75, 3.05) is 19.7 Å². The van der Waals surface area contributed by atoms with Gasteiger partial charge in [-0.2, -0.15) is 0 Å². The largest absolute Gasteiger partial charge is 0.450 e. The van der Waals surface area contributed by atoms with Gasteiger partial charge in [-0.1, -0.05) is 129 Å². The second kappa shape index (κ2) is 31.8. The molecule has 0 rings (SSSR count). The van der Waals surface area contributed by atoms with Gasteiger partial charge in [0.1, 0.15) is 6.04 Å². The van der Waals surface area contributed by atoms with E-state index < -0.39 is 12.1 Å². The summed E-state index contributed by atoms with van der Waals surface area (Å²) in [6.45, 7) is 5.96. The molecule has 0 saturated carbocycles. The number of carbonyl (C=O) groups is 2. The first-order valence-corrected chi connectivity index (χ1v) is 16.3. The van der Waals surface area contributed by atoms with Gasteiger partial charge in [0.05, 0.1) is 6.61 Å². The minimum absolute atomic E-state index is 0. The molecule has 2 amide bonds. The molecule has 1 atom stereocenters. The number of nitrogens with one attached hydrogen (secondary N) is 4. The Bertz CT molecular complexity index is 595. The Hall–Kier alpha value is -1.70. The van der Waals surface area contributed by atoms with Crippen molar-refractivity contribution in [3.05, 3.63) is 0 Å². The van der Waals surface area contributed by atoms with Gasteiger partial charge in [0.2, 0.25) is 5.91 Å². The second-order valence-electron chi connectivity index (χ2n) is 11.0. The number of amides is 2. The van der Waals surface area contributed by atoms with E-state index in [9.17, 15) is 9.59 Å². The Morgan fingerprint density at radius 3 is 1.55 bits per heavy atom. The van der Waals surface area contributed by atoms with Gasteiger partial charge in [0, 0.05) is 13.1 Å². The van der Waals surface area contributed by atoms with E-state index in [1.54, 1.807) is 0 Å². The monoisotopic (exact) mass is 589 g/mol. The Kier molecular flexibility index (Phi) is 32.2. The van der Waals surface area contributed by atoms with Crippen molar-refractivity contribution in [1.82, 2.24) is 16.0 Å². The zero-order chi connectivity index (χ0) is 28.8. The number of hydrogen-bond acceptors (Lipinski definition) is 4. The lowest BCUT2D eigenvalue weighted by Crippen LogP contribution is -2.47. The minimum atomic E-state index is -0.651. The summed E-state index contributed by atoms with van der Waals surface area (Å²) in [7, 11) is 0. The summed E-state index contributed by atoms with van der Waals surface area (Å²) in [6.07, 6.45) is 25.3. The van der Waals surface area contributed by atoms with Gasteiger partial charge in [0.15, 0.2) is 5.96 Å². The zero-order valence-corrected chi connectivity index (χ0v) is 26.8. The fourth-order valence-corrected chi connectivity index (χ4v) is 4.68. The van der Waals surface area contributed by atoms with E-state index in [0.717, 1.165) is 25.7 Å². The molecule has 0 aliphatic rings. The van der Waals surface area contributed by atoms with Crippen molar-refractivity contribution < 1.29 is 14.3 Å². The lowest BCUT2D eigenvalue weighted by atomic mass is 10.1. The summed E-state index contributed by atoms with van der Waals surface area (Å²) >= 11 is 0. The Morgan fingerprint density at radius 2 is 1.07 bits per heavy atom. The van der Waals surface area contributed by atoms with Crippen LogP contribution in [0.15, 0.2) is 0 Å². The zero-order valence-electron chi connectivity index (χ0n) is 26.0. The molecule has 0 bridgehead atoms. The Morgan fingerprint density at radius 1 is 0.650 bits per heavy atom. The van der Waals surface area contributed by atoms with Crippen LogP contribution in [0.1, 0.15) is 155 Å². The molecule has 0 saturated heterocycles. The van der Waals surface area contributed by atoms with Gasteiger partial charge < -0.3 is 26.4 Å². The molecule has 0 aliphatic carbocycles. The van der Waals surface area contributed by atoms with Crippen LogP contribution in [0.4, 0.5) is 4.79 Å². The van der Waals surface area contributed by atoms with Crippen LogP contribution >= 0.6 is 12.4 Å². The maximum atomic E-state index is 12.8. The number of unbranched alkanes of at least 4 members (excludes halogenated alkanes) is 18. The number of halogens is 1. The third kappa shape index (κ3) is 29.3. The number of alkyl carbamates (subject to hydrolysis) is 1. The minimum Gasteiger partial charge on any atom is -0.450 e. The van der Waals surface area contributed by atoms with Crippen LogP contribution in [0.5, 0.6) is 0 Å². The highest BCUT2D eigenvalue weighted by molar-refractivity contribution is 5.85. The van der Waals surface area contributed by atoms with E-state index in [1.165, 1.54) is 103 Å². The van der Waals surface area contributed by atoms with Crippen LogP contribution in [0.3, 0.4) is 0 Å². The number of carbonyl (C=O) groups excluding carboxylic acids is 2. The summed E-state index contributed by atoms with van der Waals surface area (Å²) < 4.78 is 5.35. The third-order valence-electron chi connectivity index (χ3n) is 7.15. The summed E-state index contributed by atoms with van der Waals surface area (Å²) in [5.41, 5.74) is 5.34. The molecule has 0 fully saturated rings. The van der Waals surface area contributed by atoms with Crippen LogP contribution in [-0.4, -0.2) is 43.7 Å². The lowest BCUT2D eigenvalue weighted by Gasteiger charge is -2.18. The quantitative estimate of drug-likeness (QED) is 0.0362. The second-order valence-corrected chi connectivity index (χ2v) is 11.0. The van der Waals surface area contributed by atoms with Crippen molar-refractivity contribution in [2.24, 2.45) is 5.73 Å². The van der Waals surface area contributed by atoms with Crippen LogP contribution < -0.4 is 21.7 Å². The average molecular weight is 590 g/mol. The summed E-state index contributed by atoms with van der Waals surface area (Å²) in [4.78, 5) is 25.1. The molecule has 9 heteroatoms. The molecule has 238 valence electrons. The van der Waals surface area contributed by atoms with E-state index in [1.807, 2.05) is 0 Å². The number of ether oxygens (including phenoxy) is 1. The van der Waals surface area contributed by atoms with E-state index in [2.05, 4.69) is 29.8 Å². The maximum absolute atomic E-state index is 12.8. The molecule has 6 N–H and O–H groups in total. The average Bonchev–Trinajstić information content (AvgIpc) is 2.91. The first kappa shape index (κ1) is 40.4. The molecule has 1 unspecified atom stereocenters. The molecule has 0 heterocycles. The molecular formula is C31H64ClN5O3. The molecule has 0 aromatic carbocycles. The molecule has 0 aromatic heterocycles. The maximum Gasteiger partial charge on any atom is 0.407 e. The van der Waals surface area contributed by atoms with Gasteiger partial charge in [0.25, 0.3) is 0 Å². The van der Waals surface area contributed by atoms with E-state index in [4.69, 9.17) is 15.9 Å². The molecule has 8 nitrogen and oxygen atoms in total. The summed E-state index contributed by atoms with van der Waals surface area (Å²) in [5, 5.41) is 15.7. The predicted octanol–water partition coefficient (Wildman–Crippen LogP) is 7.72. The van der Waals surface area contributed by atoms with Crippen molar-refractivity contribution in [3.8, 4) is 0 Å². The van der Waals surface area contributed by atoms with E-state index >= 15 is 0 Å². The summed E-state index contributed by atoms with van der Waals surface area (Å²) in [5.74, 6) is -0.273. The highest BCUT2D eigenvalue weighted by Crippen LogP contribution is 2.11. The third-order valence-corrected chi connectivity index (χ3v) is 7.15. The fourth-order valence-electron chi connectivity index (χ4n) is 4.68. The Labute approximate surface area is 252 Å². The van der Waals surface area contributed by atoms with E-state index in [0.29, 0.717) is 32.5 Å². The molecule has 0 spiro atoms. The standard InChI is InChI=1S/C31H63N5O3.ClH/c1-3-5-7-9-11-13-15-17-19-21-25-34-29(37)28(24-23-26-35-30(32)33)36-31(38)39-27-22-20-18-16-14-12-10-8-6-4-2;/h28H,3-27H2,1-2H3,(H,34,37)(H,36,38)(H4,32,33,35);1H. The predicted molar refractivity (Wildman–Crippen MR) is 171 cm³/mol. The first-order chi connectivity index (χ1) is 19.0. The number of nitrogens with two attached hydrogens (primary N) is 1. The number of guanidine groups is 1. The number of hydrogen-bond donors (Lipinski definition) is 5. The topological polar surface area (TPSA) is 129 Å². The highest BCUT2D eigenvalue weighted by Gasteiger charge is 2.20. The SMILES string of the molecule is CCCCCCCCCCCCNC(=O)C(CCCNC(=N)N)NC(=O)OCCCCCCCCCCCC.Cl. The first-order valence-electron chi connectivity index (χ1n) is 16.3. The van der Waals surface area contributed by atoms with Gasteiger partial charge in [-0.05, 0) is 25.7 Å². The van der Waals surface area contributed by atoms with Crippen LogP contribution in [0, 0.1) is 5.41 Å². The highest BCUT2D eigenvalue weighted by atomic mass is 35.5. The van der Waals surface area contributed by atoms with Crippen molar-refractivity contribution in [2.45, 2.75) is 161 Å². The van der Waals surface area contributed by atoms with Gasteiger partial charge in [-0.3, -0.25) is 10.2 Å². The van der Waals surface area contributed by atoms with Gasteiger partial charge in [-0.15, -0.1) is 12.4 Å². The van der Waals surface area contributed by atoms with E-state index in [-0.39, 0.29) is 24.3 Å². The van der Waals surface area contributed by atoms with Gasteiger partial charge >= 0.3 is 6.09 Å². The molecule has 0 radical (unpaired) electrons. The molecule has 0 aliphatic heterocycles.